The van der Waals surface area contributed by atoms with Gasteiger partial charge in [-0.15, -0.1) is 0 Å². The third-order valence-electron chi connectivity index (χ3n) is 5.03. The molecule has 3 rings (SSSR count). The first-order chi connectivity index (χ1) is 12.9. The number of amides is 1. The molecule has 1 aromatic heterocycles. The Bertz CT molecular complexity index is 776. The molecule has 2 atom stereocenters. The van der Waals surface area contributed by atoms with Crippen LogP contribution in [0.1, 0.15) is 61.1 Å². The maximum absolute atomic E-state index is 15.0. The highest BCUT2D eigenvalue weighted by molar-refractivity contribution is 6.13. The van der Waals surface area contributed by atoms with Crippen LogP contribution in [-0.2, 0) is 6.54 Å². The lowest BCUT2D eigenvalue weighted by Gasteiger charge is -2.30. The van der Waals surface area contributed by atoms with E-state index in [1.54, 1.807) is 6.20 Å². The number of nitrogens with two attached hydrogens (primary N) is 1. The third-order valence-corrected chi connectivity index (χ3v) is 5.03. The molecule has 8 heteroatoms. The quantitative estimate of drug-likeness (QED) is 0.489. The van der Waals surface area contributed by atoms with E-state index >= 15 is 4.39 Å². The summed E-state index contributed by atoms with van der Waals surface area (Å²) in [5, 5.41) is 16.7. The molecular formula is C19H27FN6O. The van der Waals surface area contributed by atoms with Crippen molar-refractivity contribution in [3.8, 4) is 0 Å². The molecule has 1 aliphatic heterocycles. The smallest absolute Gasteiger partial charge is 0.254 e. The molecule has 1 saturated carbocycles. The maximum Gasteiger partial charge on any atom is 0.254 e. The van der Waals surface area contributed by atoms with Gasteiger partial charge < -0.3 is 27.1 Å². The molecule has 2 aliphatic rings. The number of allylic oxidation sites excluding steroid dienone is 1. The minimum Gasteiger partial charge on any atom is -0.388 e. The van der Waals surface area contributed by atoms with Crippen molar-refractivity contribution in [3.63, 3.8) is 0 Å². The normalized spacial score (nSPS) is 22.4. The van der Waals surface area contributed by atoms with Crippen molar-refractivity contribution in [3.05, 3.63) is 28.8 Å². The summed E-state index contributed by atoms with van der Waals surface area (Å²) in [6, 6.07) is 0.0368. The second kappa shape index (κ2) is 8.04. The summed E-state index contributed by atoms with van der Waals surface area (Å²) in [4.78, 5) is 16.7. The largest absolute Gasteiger partial charge is 0.388 e. The van der Waals surface area contributed by atoms with Crippen molar-refractivity contribution in [2.45, 2.75) is 64.2 Å². The van der Waals surface area contributed by atoms with Crippen LogP contribution < -0.4 is 21.7 Å². The first kappa shape index (κ1) is 19.3. The van der Waals surface area contributed by atoms with E-state index in [1.165, 1.54) is 0 Å². The van der Waals surface area contributed by atoms with Crippen LogP contribution in [0.15, 0.2) is 6.20 Å². The zero-order valence-electron chi connectivity index (χ0n) is 15.7. The number of nitrogens with zero attached hydrogens (tertiary/aromatic N) is 1. The number of hydrogen-bond donors (Lipinski definition) is 5. The summed E-state index contributed by atoms with van der Waals surface area (Å²) < 4.78 is 15.0. The maximum atomic E-state index is 15.0. The standard InChI is InChI=1S/C19H27FN6O/c1-10(2)23-8-11(7-21)17-15-12(9-24-19(15)27)16(20)18(26-17)25-14-6-4-3-5-13(14)22/h7-8,10,13-14,21,23H,3-6,9,22H2,1-2H3,(H,24,27)(H,25,26)/b11-8+,21-7?. The fourth-order valence-electron chi connectivity index (χ4n) is 3.53. The SMILES string of the molecule is CC(C)N/C=C(\C=N)c1nc(NC2CCCCC2N)c(F)c2c1C(=O)NC2. The fraction of sp³-hybridized carbons (Fsp3) is 0.526. The number of nitrogens with one attached hydrogen (secondary N) is 4. The Hall–Kier alpha value is -2.48. The Kier molecular flexibility index (Phi) is 5.74. The number of anilines is 1. The lowest BCUT2D eigenvalue weighted by molar-refractivity contribution is 0.0965. The Balaban J connectivity index is 2.04. The molecule has 0 bridgehead atoms. The van der Waals surface area contributed by atoms with Gasteiger partial charge in [-0.1, -0.05) is 12.8 Å². The number of hydrogen-bond acceptors (Lipinski definition) is 6. The number of fused-ring (bicyclic) bond motifs is 1. The van der Waals surface area contributed by atoms with Gasteiger partial charge in [-0.3, -0.25) is 4.79 Å². The lowest BCUT2D eigenvalue weighted by atomic mass is 9.91. The topological polar surface area (TPSA) is 116 Å². The van der Waals surface area contributed by atoms with Crippen molar-refractivity contribution in [1.82, 2.24) is 15.6 Å². The van der Waals surface area contributed by atoms with Crippen LogP contribution in [0, 0.1) is 11.2 Å². The zero-order valence-corrected chi connectivity index (χ0v) is 15.7. The van der Waals surface area contributed by atoms with Crippen LogP contribution >= 0.6 is 0 Å². The molecule has 6 N–H and O–H groups in total. The summed E-state index contributed by atoms with van der Waals surface area (Å²) in [7, 11) is 0. The highest BCUT2D eigenvalue weighted by atomic mass is 19.1. The van der Waals surface area contributed by atoms with E-state index in [4.69, 9.17) is 11.1 Å². The highest BCUT2D eigenvalue weighted by Crippen LogP contribution is 2.31. The molecule has 0 aromatic carbocycles. The average Bonchev–Trinajstić information content (AvgIpc) is 3.02. The molecule has 1 fully saturated rings. The summed E-state index contributed by atoms with van der Waals surface area (Å²) in [6.45, 7) is 4.04. The molecule has 7 nitrogen and oxygen atoms in total. The predicted molar refractivity (Wildman–Crippen MR) is 104 cm³/mol. The van der Waals surface area contributed by atoms with Crippen molar-refractivity contribution in [2.75, 3.05) is 5.32 Å². The van der Waals surface area contributed by atoms with Crippen LogP contribution in [-0.4, -0.2) is 35.2 Å². The van der Waals surface area contributed by atoms with Gasteiger partial charge in [-0.2, -0.15) is 0 Å². The molecule has 1 aliphatic carbocycles. The summed E-state index contributed by atoms with van der Waals surface area (Å²) >= 11 is 0. The van der Waals surface area contributed by atoms with Gasteiger partial charge in [0.1, 0.15) is 0 Å². The molecule has 0 saturated heterocycles. The average molecular weight is 374 g/mol. The van der Waals surface area contributed by atoms with Gasteiger partial charge in [-0.25, -0.2) is 9.37 Å². The molecule has 2 heterocycles. The highest BCUT2D eigenvalue weighted by Gasteiger charge is 2.32. The fourth-order valence-corrected chi connectivity index (χ4v) is 3.53. The van der Waals surface area contributed by atoms with Crippen molar-refractivity contribution >= 4 is 23.5 Å². The summed E-state index contributed by atoms with van der Waals surface area (Å²) in [5.41, 5.74) is 7.39. The molecule has 1 amide bonds. The van der Waals surface area contributed by atoms with Gasteiger partial charge in [0.2, 0.25) is 0 Å². The summed E-state index contributed by atoms with van der Waals surface area (Å²) in [5.74, 6) is -0.796. The van der Waals surface area contributed by atoms with Gasteiger partial charge in [0.15, 0.2) is 11.6 Å². The minimum atomic E-state index is -0.522. The molecule has 1 aromatic rings. The van der Waals surface area contributed by atoms with E-state index in [0.29, 0.717) is 11.3 Å². The van der Waals surface area contributed by atoms with Crippen molar-refractivity contribution in [1.29, 1.82) is 5.41 Å². The van der Waals surface area contributed by atoms with Crippen LogP contribution in [0.25, 0.3) is 5.57 Å². The number of aromatic nitrogens is 1. The van der Waals surface area contributed by atoms with Crippen LogP contribution in [0.2, 0.25) is 0 Å². The van der Waals surface area contributed by atoms with Crippen LogP contribution in [0.4, 0.5) is 10.2 Å². The van der Waals surface area contributed by atoms with Crippen molar-refractivity contribution < 1.29 is 9.18 Å². The molecule has 2 unspecified atom stereocenters. The first-order valence-electron chi connectivity index (χ1n) is 9.42. The number of pyridine rings is 1. The van der Waals surface area contributed by atoms with Gasteiger partial charge >= 0.3 is 0 Å². The molecule has 146 valence electrons. The monoisotopic (exact) mass is 374 g/mol. The Labute approximate surface area is 158 Å². The van der Waals surface area contributed by atoms with Gasteiger partial charge in [0.05, 0.1) is 11.3 Å². The third kappa shape index (κ3) is 3.95. The van der Waals surface area contributed by atoms with Gasteiger partial charge in [-0.05, 0) is 26.7 Å². The van der Waals surface area contributed by atoms with E-state index in [1.807, 2.05) is 13.8 Å². The van der Waals surface area contributed by atoms with E-state index in [-0.39, 0.29) is 47.5 Å². The number of carbonyl (C=O) groups excluding carboxylic acids is 1. The molecule has 27 heavy (non-hydrogen) atoms. The predicted octanol–water partition coefficient (Wildman–Crippen LogP) is 2.13. The lowest BCUT2D eigenvalue weighted by Crippen LogP contribution is -2.43. The number of rotatable bonds is 6. The second-order valence-electron chi connectivity index (χ2n) is 7.42. The van der Waals surface area contributed by atoms with Crippen LogP contribution in [0.5, 0.6) is 0 Å². The molecule has 0 radical (unpaired) electrons. The Morgan fingerprint density at radius 3 is 2.81 bits per heavy atom. The van der Waals surface area contributed by atoms with E-state index in [2.05, 4.69) is 20.9 Å². The van der Waals surface area contributed by atoms with E-state index < -0.39 is 5.82 Å². The first-order valence-corrected chi connectivity index (χ1v) is 9.42. The molecular weight excluding hydrogens is 347 g/mol. The molecule has 0 spiro atoms. The number of halogens is 1. The Morgan fingerprint density at radius 1 is 1.41 bits per heavy atom. The van der Waals surface area contributed by atoms with Gasteiger partial charge in [0.25, 0.3) is 5.91 Å². The second-order valence-corrected chi connectivity index (χ2v) is 7.42. The van der Waals surface area contributed by atoms with E-state index in [9.17, 15) is 4.79 Å². The Morgan fingerprint density at radius 2 is 2.15 bits per heavy atom. The zero-order chi connectivity index (χ0) is 19.6. The number of carbonyl (C=O) groups is 1. The van der Waals surface area contributed by atoms with Gasteiger partial charge in [0, 0.05) is 48.2 Å². The van der Waals surface area contributed by atoms with E-state index in [0.717, 1.165) is 31.9 Å². The van der Waals surface area contributed by atoms with Crippen molar-refractivity contribution in [2.24, 2.45) is 5.73 Å². The summed E-state index contributed by atoms with van der Waals surface area (Å²) in [6.07, 6.45) is 6.62. The van der Waals surface area contributed by atoms with Crippen LogP contribution in [0.3, 0.4) is 0 Å². The minimum absolute atomic E-state index is 0.0575.